The highest BCUT2D eigenvalue weighted by molar-refractivity contribution is 7.46. The standard InChI is InChI=1S/C22H21F3NO4P/c1-16(20-13-5-10-18-9-2-3-12-21(18)20)26(30-31(27,28)29)14-6-8-17-7-4-11-19(15-17)22(23,24)25/h2-13,15-16H,14H2,1H3,(H2,27,28,29). The first kappa shape index (κ1) is 23.2. The van der Waals surface area contributed by atoms with Crippen molar-refractivity contribution in [3.8, 4) is 0 Å². The molecule has 0 bridgehead atoms. The first-order valence-corrected chi connectivity index (χ1v) is 10.9. The van der Waals surface area contributed by atoms with Gasteiger partial charge in [0.05, 0.1) is 11.6 Å². The number of hydrogen-bond acceptors (Lipinski definition) is 3. The van der Waals surface area contributed by atoms with Gasteiger partial charge in [0.25, 0.3) is 0 Å². The second-order valence-corrected chi connectivity index (χ2v) is 8.09. The zero-order valence-corrected chi connectivity index (χ0v) is 17.4. The summed E-state index contributed by atoms with van der Waals surface area (Å²) >= 11 is 0. The van der Waals surface area contributed by atoms with Crippen LogP contribution in [-0.2, 0) is 15.4 Å². The largest absolute Gasteiger partial charge is 0.486 e. The predicted molar refractivity (Wildman–Crippen MR) is 113 cm³/mol. The van der Waals surface area contributed by atoms with Crippen molar-refractivity contribution >= 4 is 24.7 Å². The van der Waals surface area contributed by atoms with Crippen molar-refractivity contribution in [3.63, 3.8) is 0 Å². The molecule has 3 rings (SSSR count). The summed E-state index contributed by atoms with van der Waals surface area (Å²) in [6.45, 7) is 1.67. The molecule has 0 amide bonds. The molecule has 0 spiro atoms. The summed E-state index contributed by atoms with van der Waals surface area (Å²) in [5, 5.41) is 2.98. The summed E-state index contributed by atoms with van der Waals surface area (Å²) in [4.78, 5) is 18.7. The Bertz CT molecular complexity index is 1120. The third-order valence-corrected chi connectivity index (χ3v) is 5.15. The third-order valence-electron chi connectivity index (χ3n) is 4.73. The molecule has 0 heterocycles. The van der Waals surface area contributed by atoms with E-state index in [1.807, 2.05) is 42.5 Å². The van der Waals surface area contributed by atoms with Crippen molar-refractivity contribution in [3.05, 3.63) is 89.5 Å². The Morgan fingerprint density at radius 1 is 1.06 bits per heavy atom. The first-order valence-electron chi connectivity index (χ1n) is 9.38. The van der Waals surface area contributed by atoms with Crippen molar-refractivity contribution in [1.82, 2.24) is 5.06 Å². The van der Waals surface area contributed by atoms with E-state index in [-0.39, 0.29) is 6.54 Å². The van der Waals surface area contributed by atoms with E-state index in [4.69, 9.17) is 4.62 Å². The number of rotatable bonds is 7. The fourth-order valence-corrected chi connectivity index (χ4v) is 3.76. The van der Waals surface area contributed by atoms with Gasteiger partial charge in [-0.3, -0.25) is 0 Å². The smallest absolute Gasteiger partial charge is 0.302 e. The van der Waals surface area contributed by atoms with Gasteiger partial charge in [0.2, 0.25) is 0 Å². The van der Waals surface area contributed by atoms with E-state index in [0.717, 1.165) is 33.5 Å². The lowest BCUT2D eigenvalue weighted by molar-refractivity contribution is -0.137. The monoisotopic (exact) mass is 451 g/mol. The Hall–Kier alpha value is -2.48. The normalized spacial score (nSPS) is 13.9. The minimum atomic E-state index is -4.86. The Labute approximate surface area is 177 Å². The quantitative estimate of drug-likeness (QED) is 0.343. The van der Waals surface area contributed by atoms with Crippen LogP contribution in [0.5, 0.6) is 0 Å². The first-order chi connectivity index (χ1) is 14.5. The van der Waals surface area contributed by atoms with Crippen molar-refractivity contribution in [1.29, 1.82) is 0 Å². The minimum absolute atomic E-state index is 0.0637. The SMILES string of the molecule is CC(c1cccc2ccccc12)N(CC=Cc1cccc(C(F)(F)F)c1)OP(=O)(O)O. The van der Waals surface area contributed by atoms with Crippen molar-refractivity contribution < 1.29 is 32.1 Å². The number of phosphoric acid groups is 1. The molecule has 0 aliphatic rings. The topological polar surface area (TPSA) is 70.0 Å². The van der Waals surface area contributed by atoms with Gasteiger partial charge >= 0.3 is 14.0 Å². The lowest BCUT2D eigenvalue weighted by Crippen LogP contribution is -2.26. The highest BCUT2D eigenvalue weighted by atomic mass is 31.2. The summed E-state index contributed by atoms with van der Waals surface area (Å²) in [5.41, 5.74) is 0.324. The highest BCUT2D eigenvalue weighted by Crippen LogP contribution is 2.41. The van der Waals surface area contributed by atoms with Crippen LogP contribution in [0.4, 0.5) is 13.2 Å². The van der Waals surface area contributed by atoms with Gasteiger partial charge in [-0.25, -0.2) is 4.57 Å². The molecule has 9 heteroatoms. The van der Waals surface area contributed by atoms with Crippen LogP contribution in [0, 0.1) is 0 Å². The molecule has 0 saturated carbocycles. The molecular weight excluding hydrogens is 430 g/mol. The number of alkyl halides is 3. The molecule has 1 unspecified atom stereocenters. The molecule has 3 aromatic carbocycles. The van der Waals surface area contributed by atoms with Crippen molar-refractivity contribution in [2.24, 2.45) is 0 Å². The maximum atomic E-state index is 12.9. The Balaban J connectivity index is 1.86. The number of benzene rings is 3. The number of nitrogens with zero attached hydrogens (tertiary/aromatic N) is 1. The van der Waals surface area contributed by atoms with Crippen LogP contribution >= 0.6 is 7.82 Å². The van der Waals surface area contributed by atoms with Gasteiger partial charge in [-0.15, -0.1) is 0 Å². The van der Waals surface area contributed by atoms with Crippen molar-refractivity contribution in [2.45, 2.75) is 19.1 Å². The van der Waals surface area contributed by atoms with Crippen molar-refractivity contribution in [2.75, 3.05) is 6.54 Å². The van der Waals surface area contributed by atoms with Gasteiger partial charge in [0.15, 0.2) is 0 Å². The van der Waals surface area contributed by atoms with Gasteiger partial charge in [0, 0.05) is 6.54 Å². The maximum absolute atomic E-state index is 12.9. The van der Waals surface area contributed by atoms with Crippen LogP contribution < -0.4 is 0 Å². The fraction of sp³-hybridized carbons (Fsp3) is 0.182. The second-order valence-electron chi connectivity index (χ2n) is 6.94. The predicted octanol–water partition coefficient (Wildman–Crippen LogP) is 5.96. The fourth-order valence-electron chi connectivity index (χ4n) is 3.28. The zero-order valence-electron chi connectivity index (χ0n) is 16.5. The summed E-state index contributed by atoms with van der Waals surface area (Å²) in [6, 6.07) is 17.4. The van der Waals surface area contributed by atoms with Gasteiger partial charge in [-0.05, 0) is 41.0 Å². The molecule has 1 atom stereocenters. The molecule has 5 nitrogen and oxygen atoms in total. The van der Waals surface area contributed by atoms with E-state index in [1.54, 1.807) is 6.92 Å². The molecule has 0 aliphatic carbocycles. The average Bonchev–Trinajstić information content (AvgIpc) is 2.71. The second kappa shape index (κ2) is 9.34. The molecule has 0 aliphatic heterocycles. The molecule has 0 saturated heterocycles. The zero-order chi connectivity index (χ0) is 22.6. The van der Waals surface area contributed by atoms with E-state index in [1.165, 1.54) is 24.3 Å². The maximum Gasteiger partial charge on any atom is 0.486 e. The number of hydroxylamine groups is 2. The summed E-state index contributed by atoms with van der Waals surface area (Å²) in [6.07, 6.45) is -1.52. The average molecular weight is 451 g/mol. The summed E-state index contributed by atoms with van der Waals surface area (Å²) in [7, 11) is -4.86. The Morgan fingerprint density at radius 2 is 1.74 bits per heavy atom. The molecular formula is C22H21F3NO4P. The van der Waals surface area contributed by atoms with Crippen LogP contribution in [0.2, 0.25) is 0 Å². The number of fused-ring (bicyclic) bond motifs is 1. The lowest BCUT2D eigenvalue weighted by Gasteiger charge is -2.28. The van der Waals surface area contributed by atoms with Crippen LogP contribution in [-0.4, -0.2) is 21.4 Å². The van der Waals surface area contributed by atoms with Gasteiger partial charge in [-0.2, -0.15) is 22.9 Å². The molecule has 31 heavy (non-hydrogen) atoms. The molecule has 0 fully saturated rings. The molecule has 164 valence electrons. The highest BCUT2D eigenvalue weighted by Gasteiger charge is 2.30. The summed E-state index contributed by atoms with van der Waals surface area (Å²) in [5.74, 6) is 0. The summed E-state index contributed by atoms with van der Waals surface area (Å²) < 4.78 is 55.1. The van der Waals surface area contributed by atoms with E-state index in [0.29, 0.717) is 5.56 Å². The third kappa shape index (κ3) is 6.26. The lowest BCUT2D eigenvalue weighted by atomic mass is 9.99. The minimum Gasteiger partial charge on any atom is -0.302 e. The van der Waals surface area contributed by atoms with Crippen LogP contribution in [0.25, 0.3) is 16.8 Å². The molecule has 0 aromatic heterocycles. The van der Waals surface area contributed by atoms with E-state index in [9.17, 15) is 27.5 Å². The van der Waals surface area contributed by atoms with E-state index < -0.39 is 25.6 Å². The van der Waals surface area contributed by atoms with Gasteiger partial charge in [0.1, 0.15) is 0 Å². The van der Waals surface area contributed by atoms with Crippen LogP contribution in [0.3, 0.4) is 0 Å². The van der Waals surface area contributed by atoms with Crippen LogP contribution in [0.1, 0.15) is 29.7 Å². The van der Waals surface area contributed by atoms with E-state index in [2.05, 4.69) is 0 Å². The molecule has 3 aromatic rings. The number of hydrogen-bond donors (Lipinski definition) is 2. The van der Waals surface area contributed by atoms with Gasteiger partial charge < -0.3 is 9.79 Å². The number of halogens is 3. The van der Waals surface area contributed by atoms with E-state index >= 15 is 0 Å². The van der Waals surface area contributed by atoms with Gasteiger partial charge in [-0.1, -0.05) is 66.7 Å². The molecule has 0 radical (unpaired) electrons. The Kier molecular flexibility index (Phi) is 6.99. The Morgan fingerprint density at radius 3 is 2.45 bits per heavy atom. The molecule has 2 N–H and O–H groups in total. The van der Waals surface area contributed by atoms with Crippen LogP contribution in [0.15, 0.2) is 72.8 Å².